The number of benzene rings is 2. The number of amides is 1. The van der Waals surface area contributed by atoms with Crippen LogP contribution < -0.4 is 5.32 Å². The number of aliphatic carboxylic acids is 1. The molecule has 0 unspecified atom stereocenters. The largest absolute Gasteiger partial charge is 0.480 e. The molecule has 3 aromatic rings. The molecule has 164 valence electrons. The highest BCUT2D eigenvalue weighted by atomic mass is 16.4. The zero-order valence-corrected chi connectivity index (χ0v) is 18.1. The molecule has 32 heavy (non-hydrogen) atoms. The second-order valence-electron chi connectivity index (χ2n) is 7.54. The number of carbonyl (C=O) groups excluding carboxylic acids is 2. The van der Waals surface area contributed by atoms with E-state index in [0.29, 0.717) is 29.8 Å². The zero-order valence-electron chi connectivity index (χ0n) is 18.1. The van der Waals surface area contributed by atoms with Crippen molar-refractivity contribution in [2.75, 3.05) is 0 Å². The van der Waals surface area contributed by atoms with Gasteiger partial charge in [0, 0.05) is 23.9 Å². The molecule has 0 spiro atoms. The van der Waals surface area contributed by atoms with Crippen molar-refractivity contribution in [3.05, 3.63) is 101 Å². The highest BCUT2D eigenvalue weighted by molar-refractivity contribution is 6.08. The molecule has 2 aromatic carbocycles. The van der Waals surface area contributed by atoms with Gasteiger partial charge in [-0.05, 0) is 43.2 Å². The molecule has 1 aromatic heterocycles. The van der Waals surface area contributed by atoms with Crippen molar-refractivity contribution < 1.29 is 19.5 Å². The van der Waals surface area contributed by atoms with Gasteiger partial charge >= 0.3 is 5.97 Å². The number of ketones is 1. The first kappa shape index (κ1) is 22.7. The van der Waals surface area contributed by atoms with Crippen molar-refractivity contribution in [1.29, 1.82) is 0 Å². The van der Waals surface area contributed by atoms with Gasteiger partial charge in [0.25, 0.3) is 5.91 Å². The third kappa shape index (κ3) is 5.60. The lowest BCUT2D eigenvalue weighted by Crippen LogP contribution is -2.40. The molecule has 0 radical (unpaired) electrons. The van der Waals surface area contributed by atoms with Gasteiger partial charge in [0.15, 0.2) is 0 Å². The average Bonchev–Trinajstić information content (AvgIpc) is 3.26. The molecule has 0 fully saturated rings. The van der Waals surface area contributed by atoms with Crippen LogP contribution in [0, 0.1) is 6.92 Å². The second kappa shape index (κ2) is 10.4. The van der Waals surface area contributed by atoms with Crippen molar-refractivity contribution in [3.63, 3.8) is 0 Å². The normalized spacial score (nSPS) is 11.9. The van der Waals surface area contributed by atoms with E-state index in [1.165, 1.54) is 0 Å². The maximum atomic E-state index is 12.8. The predicted octanol–water partition coefficient (Wildman–Crippen LogP) is 4.33. The lowest BCUT2D eigenvalue weighted by atomic mass is 10.1. The summed E-state index contributed by atoms with van der Waals surface area (Å²) in [5, 5.41) is 11.6. The molecule has 2 N–H and O–H groups in total. The minimum Gasteiger partial charge on any atom is -0.480 e. The van der Waals surface area contributed by atoms with E-state index >= 15 is 0 Å². The van der Waals surface area contributed by atoms with Gasteiger partial charge in [-0.3, -0.25) is 9.59 Å². The van der Waals surface area contributed by atoms with Crippen LogP contribution in [0.4, 0.5) is 0 Å². The zero-order chi connectivity index (χ0) is 23.1. The number of aryl methyl sites for hydroxylation is 1. The van der Waals surface area contributed by atoms with Crippen molar-refractivity contribution in [2.24, 2.45) is 0 Å². The summed E-state index contributed by atoms with van der Waals surface area (Å²) >= 11 is 0. The summed E-state index contributed by atoms with van der Waals surface area (Å²) in [6.07, 6.45) is 5.94. The topological polar surface area (TPSA) is 88.4 Å². The quantitative estimate of drug-likeness (QED) is 0.495. The molecule has 6 heteroatoms. The molecule has 0 aliphatic carbocycles. The molecule has 1 amide bonds. The summed E-state index contributed by atoms with van der Waals surface area (Å²) in [6, 6.07) is 17.2. The van der Waals surface area contributed by atoms with Crippen molar-refractivity contribution in [2.45, 2.75) is 32.9 Å². The van der Waals surface area contributed by atoms with E-state index in [2.05, 4.69) is 5.32 Å². The van der Waals surface area contributed by atoms with Crippen LogP contribution in [-0.4, -0.2) is 33.4 Å². The van der Waals surface area contributed by atoms with Crippen LogP contribution in [0.25, 0.3) is 6.08 Å². The number of hydrogen-bond donors (Lipinski definition) is 2. The lowest BCUT2D eigenvalue weighted by Gasteiger charge is -2.12. The third-order valence-electron chi connectivity index (χ3n) is 5.15. The number of hydrogen-bond acceptors (Lipinski definition) is 3. The first-order valence-corrected chi connectivity index (χ1v) is 10.5. The summed E-state index contributed by atoms with van der Waals surface area (Å²) in [5.41, 5.74) is 3.54. The molecule has 1 atom stereocenters. The van der Waals surface area contributed by atoms with Crippen molar-refractivity contribution in [3.8, 4) is 0 Å². The lowest BCUT2D eigenvalue weighted by molar-refractivity contribution is -0.139. The van der Waals surface area contributed by atoms with Gasteiger partial charge in [-0.15, -0.1) is 0 Å². The Bertz CT molecular complexity index is 1140. The van der Waals surface area contributed by atoms with Crippen molar-refractivity contribution >= 4 is 23.7 Å². The van der Waals surface area contributed by atoms with Crippen LogP contribution in [0.2, 0.25) is 0 Å². The summed E-state index contributed by atoms with van der Waals surface area (Å²) in [4.78, 5) is 36.3. The Morgan fingerprint density at radius 1 is 1.03 bits per heavy atom. The van der Waals surface area contributed by atoms with E-state index in [9.17, 15) is 14.4 Å². The molecule has 3 rings (SSSR count). The van der Waals surface area contributed by atoms with Gasteiger partial charge in [0.1, 0.15) is 6.04 Å². The Morgan fingerprint density at radius 3 is 2.47 bits per heavy atom. The van der Waals surface area contributed by atoms with Gasteiger partial charge in [-0.25, -0.2) is 4.79 Å². The molecule has 0 saturated heterocycles. The number of carboxylic acids is 1. The Labute approximate surface area is 187 Å². The number of rotatable bonds is 9. The molecular weight excluding hydrogens is 404 g/mol. The number of nitrogens with zero attached hydrogens (tertiary/aromatic N) is 1. The number of carboxylic acid groups (broad SMARTS) is 1. The fourth-order valence-electron chi connectivity index (χ4n) is 3.30. The summed E-state index contributed by atoms with van der Waals surface area (Å²) in [7, 11) is 0. The Hall–Kier alpha value is -3.93. The monoisotopic (exact) mass is 430 g/mol. The molecule has 0 bridgehead atoms. The smallest absolute Gasteiger partial charge is 0.326 e. The van der Waals surface area contributed by atoms with Gasteiger partial charge in [-0.1, -0.05) is 61.0 Å². The van der Waals surface area contributed by atoms with Crippen LogP contribution in [0.5, 0.6) is 0 Å². The molecule has 0 aliphatic heterocycles. The Balaban J connectivity index is 1.69. The summed E-state index contributed by atoms with van der Waals surface area (Å²) in [6.45, 7) is 4.18. The Morgan fingerprint density at radius 2 is 1.78 bits per heavy atom. The van der Waals surface area contributed by atoms with Crippen LogP contribution >= 0.6 is 0 Å². The van der Waals surface area contributed by atoms with Crippen LogP contribution in [0.3, 0.4) is 0 Å². The minimum absolute atomic E-state index is 0.0361. The number of allylic oxidation sites excluding steroid dienone is 1. The number of nitrogens with one attached hydrogen (secondary N) is 1. The number of carbonyl (C=O) groups is 3. The van der Waals surface area contributed by atoms with E-state index in [4.69, 9.17) is 5.11 Å². The standard InChI is InChI=1S/C26H26N2O4/c1-3-22(26(31)32)27-25(30)21-9-4-7-19(17-21)8-5-15-28-16-6-10-23(28)24(29)20-13-11-18(2)12-14-20/h4-14,16-17,22H,3,15H2,1-2H3,(H,27,30)(H,31,32)/b8-5+/t22-/m0/s1. The predicted molar refractivity (Wildman–Crippen MR) is 124 cm³/mol. The van der Waals surface area contributed by atoms with Crippen LogP contribution in [0.15, 0.2) is 72.9 Å². The SMILES string of the molecule is CC[C@H](NC(=O)c1cccc(/C=C/Cn2cccc2C(=O)c2ccc(C)cc2)c1)C(=O)O. The maximum Gasteiger partial charge on any atom is 0.326 e. The van der Waals surface area contributed by atoms with Crippen LogP contribution in [-0.2, 0) is 11.3 Å². The molecule has 0 aliphatic rings. The van der Waals surface area contributed by atoms with E-state index in [0.717, 1.165) is 11.1 Å². The molecule has 6 nitrogen and oxygen atoms in total. The minimum atomic E-state index is -1.06. The third-order valence-corrected chi connectivity index (χ3v) is 5.15. The van der Waals surface area contributed by atoms with Crippen LogP contribution in [0.1, 0.15) is 50.9 Å². The highest BCUT2D eigenvalue weighted by Crippen LogP contribution is 2.13. The van der Waals surface area contributed by atoms with E-state index in [1.54, 1.807) is 31.2 Å². The number of aromatic nitrogens is 1. The average molecular weight is 431 g/mol. The van der Waals surface area contributed by atoms with Gasteiger partial charge in [-0.2, -0.15) is 0 Å². The van der Waals surface area contributed by atoms with Gasteiger partial charge < -0.3 is 15.0 Å². The molecule has 0 saturated carbocycles. The first-order valence-electron chi connectivity index (χ1n) is 10.5. The van der Waals surface area contributed by atoms with Crippen molar-refractivity contribution in [1.82, 2.24) is 9.88 Å². The highest BCUT2D eigenvalue weighted by Gasteiger charge is 2.18. The summed E-state index contributed by atoms with van der Waals surface area (Å²) < 4.78 is 1.87. The summed E-state index contributed by atoms with van der Waals surface area (Å²) in [5.74, 6) is -1.52. The molecular formula is C26H26N2O4. The fourth-order valence-corrected chi connectivity index (χ4v) is 3.30. The molecule has 1 heterocycles. The Kier molecular flexibility index (Phi) is 7.39. The van der Waals surface area contributed by atoms with Gasteiger partial charge in [0.2, 0.25) is 5.78 Å². The fraction of sp³-hybridized carbons (Fsp3) is 0.192. The second-order valence-corrected chi connectivity index (χ2v) is 7.54. The maximum absolute atomic E-state index is 12.8. The van der Waals surface area contributed by atoms with E-state index in [1.807, 2.05) is 66.2 Å². The van der Waals surface area contributed by atoms with E-state index < -0.39 is 17.9 Å². The first-order chi connectivity index (χ1) is 15.4. The van der Waals surface area contributed by atoms with Gasteiger partial charge in [0.05, 0.1) is 5.69 Å². The van der Waals surface area contributed by atoms with E-state index in [-0.39, 0.29) is 5.78 Å².